The first-order valence-electron chi connectivity index (χ1n) is 8.33. The maximum absolute atomic E-state index is 5.69. The van der Waals surface area contributed by atoms with Crippen molar-refractivity contribution in [1.82, 2.24) is 0 Å². The molecule has 0 atom stereocenters. The fourth-order valence-electron chi connectivity index (χ4n) is 4.20. The van der Waals surface area contributed by atoms with Gasteiger partial charge in [-0.05, 0) is 61.7 Å². The van der Waals surface area contributed by atoms with Gasteiger partial charge in [0.05, 0.1) is 0 Å². The highest BCUT2D eigenvalue weighted by Gasteiger charge is 2.18. The van der Waals surface area contributed by atoms with E-state index >= 15 is 0 Å². The Morgan fingerprint density at radius 3 is 2.54 bits per heavy atom. The minimum absolute atomic E-state index is 0.682. The standard InChI is InChI=1S/C23H14O/c1-2-4-15-14(3-1)5-6-17-16(15)7-8-18-19-9-10-23-20(11-12-24-23)22(19)13-21(17)18/h1-11,13H,12H2. The van der Waals surface area contributed by atoms with Gasteiger partial charge in [0.25, 0.3) is 0 Å². The zero-order valence-electron chi connectivity index (χ0n) is 13.0. The molecule has 0 bridgehead atoms. The van der Waals surface area contributed by atoms with E-state index in [1.807, 2.05) is 0 Å². The average Bonchev–Trinajstić information content (AvgIpc) is 3.25. The molecule has 1 heteroatoms. The zero-order valence-corrected chi connectivity index (χ0v) is 13.0. The fraction of sp³-hybridized carbons (Fsp3) is 0.0435. The maximum atomic E-state index is 5.69. The lowest BCUT2D eigenvalue weighted by molar-refractivity contribution is 0.385. The van der Waals surface area contributed by atoms with Crippen LogP contribution < -0.4 is 15.2 Å². The molecule has 6 rings (SSSR count). The van der Waals surface area contributed by atoms with Gasteiger partial charge in [-0.25, -0.2) is 0 Å². The average molecular weight is 306 g/mol. The second kappa shape index (κ2) is 4.27. The highest BCUT2D eigenvalue weighted by atomic mass is 16.5. The zero-order chi connectivity index (χ0) is 15.7. The predicted molar refractivity (Wildman–Crippen MR) is 99.7 cm³/mol. The molecule has 0 fully saturated rings. The van der Waals surface area contributed by atoms with Gasteiger partial charge in [-0.2, -0.15) is 0 Å². The van der Waals surface area contributed by atoms with E-state index in [0.717, 1.165) is 5.75 Å². The van der Waals surface area contributed by atoms with Gasteiger partial charge >= 0.3 is 0 Å². The summed E-state index contributed by atoms with van der Waals surface area (Å²) in [6.07, 6.45) is 4.53. The van der Waals surface area contributed by atoms with Crippen molar-refractivity contribution in [1.29, 1.82) is 0 Å². The van der Waals surface area contributed by atoms with Gasteiger partial charge in [-0.1, -0.05) is 54.6 Å². The number of hydrogen-bond donors (Lipinski definition) is 0. The van der Waals surface area contributed by atoms with E-state index in [1.54, 1.807) is 0 Å². The fourth-order valence-corrected chi connectivity index (χ4v) is 4.20. The highest BCUT2D eigenvalue weighted by Crippen LogP contribution is 2.36. The summed E-state index contributed by atoms with van der Waals surface area (Å²) < 4.78 is 5.69. The first-order chi connectivity index (χ1) is 11.9. The molecule has 0 saturated heterocycles. The third kappa shape index (κ3) is 1.45. The van der Waals surface area contributed by atoms with Crippen molar-refractivity contribution >= 4 is 33.7 Å². The maximum Gasteiger partial charge on any atom is 0.127 e. The second-order valence-electron chi connectivity index (χ2n) is 6.51. The highest BCUT2D eigenvalue weighted by molar-refractivity contribution is 6.12. The molecule has 0 saturated carbocycles. The Balaban J connectivity index is 1.79. The summed E-state index contributed by atoms with van der Waals surface area (Å²) in [6, 6.07) is 21.9. The number of fused-ring (bicyclic) bond motifs is 9. The van der Waals surface area contributed by atoms with Crippen LogP contribution in [0.25, 0.3) is 44.8 Å². The molecule has 1 nitrogen and oxygen atoms in total. The summed E-state index contributed by atoms with van der Waals surface area (Å²) >= 11 is 0. The van der Waals surface area contributed by atoms with Crippen LogP contribution in [0.4, 0.5) is 0 Å². The van der Waals surface area contributed by atoms with Gasteiger partial charge in [-0.15, -0.1) is 0 Å². The summed E-state index contributed by atoms with van der Waals surface area (Å²) in [5.41, 5.74) is 3.98. The summed E-state index contributed by atoms with van der Waals surface area (Å²) in [7, 11) is 0. The molecule has 2 aliphatic rings. The van der Waals surface area contributed by atoms with Gasteiger partial charge in [-0.3, -0.25) is 0 Å². The Labute approximate surface area is 139 Å². The minimum Gasteiger partial charge on any atom is -0.489 e. The Bertz CT molecular complexity index is 1300. The number of ether oxygens (including phenoxy) is 1. The van der Waals surface area contributed by atoms with E-state index in [-0.39, 0.29) is 0 Å². The molecular formula is C23H14O. The van der Waals surface area contributed by atoms with Crippen LogP contribution in [0.2, 0.25) is 0 Å². The molecule has 0 radical (unpaired) electrons. The van der Waals surface area contributed by atoms with Crippen molar-refractivity contribution in [3.63, 3.8) is 0 Å². The Hall–Kier alpha value is -3.06. The van der Waals surface area contributed by atoms with Crippen LogP contribution >= 0.6 is 0 Å². The summed E-state index contributed by atoms with van der Waals surface area (Å²) in [6.45, 7) is 0.682. The van der Waals surface area contributed by atoms with E-state index in [4.69, 9.17) is 4.74 Å². The van der Waals surface area contributed by atoms with Crippen molar-refractivity contribution in [3.8, 4) is 16.9 Å². The molecule has 0 aromatic heterocycles. The molecule has 1 aliphatic carbocycles. The molecule has 0 N–H and O–H groups in total. The van der Waals surface area contributed by atoms with Crippen molar-refractivity contribution in [2.45, 2.75) is 0 Å². The van der Waals surface area contributed by atoms with Gasteiger partial charge in [0.2, 0.25) is 0 Å². The van der Waals surface area contributed by atoms with Gasteiger partial charge in [0.15, 0.2) is 0 Å². The van der Waals surface area contributed by atoms with Crippen LogP contribution in [-0.4, -0.2) is 6.61 Å². The molecule has 24 heavy (non-hydrogen) atoms. The second-order valence-corrected chi connectivity index (χ2v) is 6.51. The molecule has 4 aromatic rings. The molecule has 1 heterocycles. The first-order valence-corrected chi connectivity index (χ1v) is 8.33. The quantitative estimate of drug-likeness (QED) is 0.393. The molecule has 0 spiro atoms. The van der Waals surface area contributed by atoms with Gasteiger partial charge in [0.1, 0.15) is 12.4 Å². The first kappa shape index (κ1) is 12.4. The molecule has 0 unspecified atom stereocenters. The van der Waals surface area contributed by atoms with Crippen LogP contribution in [0.3, 0.4) is 0 Å². The van der Waals surface area contributed by atoms with Crippen molar-refractivity contribution in [2.75, 3.05) is 6.61 Å². The van der Waals surface area contributed by atoms with Crippen molar-refractivity contribution < 1.29 is 4.74 Å². The molecular weight excluding hydrogens is 292 g/mol. The van der Waals surface area contributed by atoms with E-state index in [0.29, 0.717) is 6.61 Å². The van der Waals surface area contributed by atoms with Crippen molar-refractivity contribution in [2.24, 2.45) is 0 Å². The van der Waals surface area contributed by atoms with Crippen molar-refractivity contribution in [3.05, 3.63) is 76.7 Å². The van der Waals surface area contributed by atoms with Crippen LogP contribution in [0, 0.1) is 0 Å². The van der Waals surface area contributed by atoms with Gasteiger partial charge in [0, 0.05) is 5.22 Å². The smallest absolute Gasteiger partial charge is 0.127 e. The van der Waals surface area contributed by atoms with Crippen LogP contribution in [0.1, 0.15) is 5.56 Å². The molecule has 112 valence electrons. The van der Waals surface area contributed by atoms with Crippen LogP contribution in [0.5, 0.6) is 5.75 Å². The van der Waals surface area contributed by atoms with E-state index in [1.165, 1.54) is 48.7 Å². The SMILES string of the molecule is C1=c2c(ccc3c2=Cc2c-3ccc3c2ccc2ccccc23)OC1. The Morgan fingerprint density at radius 1 is 0.667 bits per heavy atom. The predicted octanol–water partition coefficient (Wildman–Crippen LogP) is 3.98. The summed E-state index contributed by atoms with van der Waals surface area (Å²) in [5, 5.41) is 7.83. The largest absolute Gasteiger partial charge is 0.489 e. The third-order valence-electron chi connectivity index (χ3n) is 5.32. The molecule has 1 aliphatic heterocycles. The van der Waals surface area contributed by atoms with Crippen LogP contribution in [-0.2, 0) is 0 Å². The Morgan fingerprint density at radius 2 is 1.54 bits per heavy atom. The summed E-state index contributed by atoms with van der Waals surface area (Å²) in [4.78, 5) is 0. The topological polar surface area (TPSA) is 9.23 Å². The number of benzene rings is 4. The van der Waals surface area contributed by atoms with Gasteiger partial charge < -0.3 is 4.74 Å². The lowest BCUT2D eigenvalue weighted by Gasteiger charge is -2.09. The summed E-state index contributed by atoms with van der Waals surface area (Å²) in [5.74, 6) is 1.01. The third-order valence-corrected chi connectivity index (χ3v) is 5.32. The number of rotatable bonds is 0. The molecule has 0 amide bonds. The minimum atomic E-state index is 0.682. The number of hydrogen-bond acceptors (Lipinski definition) is 1. The normalized spacial score (nSPS) is 13.8. The van der Waals surface area contributed by atoms with E-state index in [9.17, 15) is 0 Å². The van der Waals surface area contributed by atoms with Crippen LogP contribution in [0.15, 0.2) is 60.7 Å². The van der Waals surface area contributed by atoms with E-state index in [2.05, 4.69) is 72.8 Å². The van der Waals surface area contributed by atoms with E-state index < -0.39 is 0 Å². The lowest BCUT2D eigenvalue weighted by Crippen LogP contribution is -2.23. The monoisotopic (exact) mass is 306 g/mol. The lowest BCUT2D eigenvalue weighted by atomic mass is 9.95. The molecule has 4 aromatic carbocycles. The Kier molecular flexibility index (Phi) is 2.20.